The van der Waals surface area contributed by atoms with E-state index < -0.39 is 0 Å². The quantitative estimate of drug-likeness (QED) is 0.833. The molecule has 2 rings (SSSR count). The highest BCUT2D eigenvalue weighted by atomic mass is 15.3. The van der Waals surface area contributed by atoms with E-state index in [1.807, 2.05) is 24.3 Å². The molecule has 20 heavy (non-hydrogen) atoms. The second kappa shape index (κ2) is 6.65. The number of hydrogen-bond acceptors (Lipinski definition) is 4. The van der Waals surface area contributed by atoms with Crippen molar-refractivity contribution < 1.29 is 0 Å². The highest BCUT2D eigenvalue weighted by Crippen LogP contribution is 2.17. The molecule has 6 heteroatoms. The molecule has 0 aliphatic rings. The van der Waals surface area contributed by atoms with Crippen LogP contribution in [0.15, 0.2) is 18.9 Å². The van der Waals surface area contributed by atoms with Gasteiger partial charge >= 0.3 is 0 Å². The van der Waals surface area contributed by atoms with Crippen LogP contribution >= 0.6 is 0 Å². The van der Waals surface area contributed by atoms with Gasteiger partial charge in [-0.15, -0.1) is 0 Å². The zero-order chi connectivity index (χ0) is 14.5. The fourth-order valence-electron chi connectivity index (χ4n) is 2.36. The molecule has 0 spiro atoms. The Morgan fingerprint density at radius 3 is 2.75 bits per heavy atom. The Labute approximate surface area is 120 Å². The van der Waals surface area contributed by atoms with Crippen molar-refractivity contribution in [2.45, 2.75) is 39.8 Å². The van der Waals surface area contributed by atoms with Gasteiger partial charge in [0.2, 0.25) is 0 Å². The number of rotatable bonds is 7. The van der Waals surface area contributed by atoms with E-state index in [0.29, 0.717) is 5.92 Å². The lowest BCUT2D eigenvalue weighted by molar-refractivity contribution is 0.441. The molecule has 0 radical (unpaired) electrons. The number of hydrogen-bond donors (Lipinski definition) is 1. The summed E-state index contributed by atoms with van der Waals surface area (Å²) < 4.78 is 4.06. The first kappa shape index (κ1) is 14.7. The summed E-state index contributed by atoms with van der Waals surface area (Å²) in [5, 5.41) is 7.83. The van der Waals surface area contributed by atoms with E-state index in [0.717, 1.165) is 25.3 Å². The van der Waals surface area contributed by atoms with Crippen LogP contribution < -0.4 is 5.32 Å². The first-order chi connectivity index (χ1) is 9.61. The molecule has 0 aliphatic carbocycles. The van der Waals surface area contributed by atoms with Crippen LogP contribution in [-0.2, 0) is 20.0 Å². The molecule has 2 heterocycles. The van der Waals surface area contributed by atoms with Crippen molar-refractivity contribution in [1.82, 2.24) is 29.6 Å². The minimum atomic E-state index is 0.211. The van der Waals surface area contributed by atoms with Crippen molar-refractivity contribution in [2.24, 2.45) is 13.0 Å². The monoisotopic (exact) mass is 276 g/mol. The number of aryl methyl sites for hydroxylation is 1. The zero-order valence-corrected chi connectivity index (χ0v) is 12.7. The van der Waals surface area contributed by atoms with Crippen LogP contribution in [0.1, 0.15) is 38.3 Å². The van der Waals surface area contributed by atoms with Crippen molar-refractivity contribution in [3.05, 3.63) is 30.4 Å². The summed E-state index contributed by atoms with van der Waals surface area (Å²) in [6, 6.07) is 0.211. The number of likely N-dealkylation sites (N-methyl/N-ethyl adjacent to an activating group) is 1. The predicted octanol–water partition coefficient (Wildman–Crippen LogP) is 1.56. The molecule has 0 saturated carbocycles. The van der Waals surface area contributed by atoms with E-state index in [-0.39, 0.29) is 6.04 Å². The van der Waals surface area contributed by atoms with Gasteiger partial charge in [-0.05, 0) is 12.5 Å². The van der Waals surface area contributed by atoms with E-state index in [1.165, 1.54) is 5.69 Å². The van der Waals surface area contributed by atoms with E-state index in [2.05, 4.69) is 45.7 Å². The third-order valence-corrected chi connectivity index (χ3v) is 3.28. The van der Waals surface area contributed by atoms with Gasteiger partial charge < -0.3 is 9.88 Å². The molecule has 2 aromatic rings. The van der Waals surface area contributed by atoms with Gasteiger partial charge in [0.05, 0.1) is 18.1 Å². The summed E-state index contributed by atoms with van der Waals surface area (Å²) in [6.45, 7) is 8.30. The summed E-state index contributed by atoms with van der Waals surface area (Å²) in [4.78, 5) is 8.62. The summed E-state index contributed by atoms with van der Waals surface area (Å²) in [5.74, 6) is 1.58. The molecule has 0 amide bonds. The van der Waals surface area contributed by atoms with Gasteiger partial charge in [0.25, 0.3) is 0 Å². The number of nitrogens with zero attached hydrogens (tertiary/aromatic N) is 5. The fourth-order valence-corrected chi connectivity index (χ4v) is 2.36. The lowest BCUT2D eigenvalue weighted by Crippen LogP contribution is -2.26. The molecule has 6 nitrogen and oxygen atoms in total. The molecule has 0 aromatic carbocycles. The average Bonchev–Trinajstić information content (AvgIpc) is 2.98. The normalized spacial score (nSPS) is 13.1. The molecular weight excluding hydrogens is 252 g/mol. The van der Waals surface area contributed by atoms with Crippen molar-refractivity contribution >= 4 is 0 Å². The van der Waals surface area contributed by atoms with Crippen LogP contribution in [0.5, 0.6) is 0 Å². The third-order valence-electron chi connectivity index (χ3n) is 3.28. The molecule has 1 atom stereocenters. The maximum absolute atomic E-state index is 4.41. The Hall–Kier alpha value is -1.69. The maximum Gasteiger partial charge on any atom is 0.138 e. The highest BCUT2D eigenvalue weighted by Gasteiger charge is 2.18. The Morgan fingerprint density at radius 1 is 1.35 bits per heavy atom. The molecule has 0 bridgehead atoms. The summed E-state index contributed by atoms with van der Waals surface area (Å²) in [7, 11) is 2.02. The van der Waals surface area contributed by atoms with Gasteiger partial charge in [-0.25, -0.2) is 14.6 Å². The summed E-state index contributed by atoms with van der Waals surface area (Å²) >= 11 is 0. The van der Waals surface area contributed by atoms with Crippen LogP contribution in [0.25, 0.3) is 0 Å². The molecule has 1 N–H and O–H groups in total. The van der Waals surface area contributed by atoms with Crippen LogP contribution in [0, 0.1) is 5.92 Å². The lowest BCUT2D eigenvalue weighted by Gasteiger charge is -2.18. The van der Waals surface area contributed by atoms with Gasteiger partial charge in [-0.3, -0.25) is 0 Å². The fraction of sp³-hybridized carbons (Fsp3) is 0.643. The number of aromatic nitrogens is 5. The van der Waals surface area contributed by atoms with Crippen molar-refractivity contribution in [3.8, 4) is 0 Å². The largest absolute Gasteiger partial charge is 0.336 e. The first-order valence-electron chi connectivity index (χ1n) is 7.18. The molecule has 1 unspecified atom stereocenters. The van der Waals surface area contributed by atoms with Gasteiger partial charge in [0, 0.05) is 26.2 Å². The Bertz CT molecular complexity index is 527. The summed E-state index contributed by atoms with van der Waals surface area (Å²) in [6.07, 6.45) is 6.21. The van der Waals surface area contributed by atoms with Crippen LogP contribution in [-0.4, -0.2) is 30.9 Å². The Kier molecular flexibility index (Phi) is 4.89. The van der Waals surface area contributed by atoms with Crippen molar-refractivity contribution in [3.63, 3.8) is 0 Å². The van der Waals surface area contributed by atoms with E-state index >= 15 is 0 Å². The highest BCUT2D eigenvalue weighted by molar-refractivity contribution is 5.08. The third kappa shape index (κ3) is 3.45. The van der Waals surface area contributed by atoms with E-state index in [1.54, 1.807) is 6.33 Å². The molecule has 0 fully saturated rings. The molecule has 2 aromatic heterocycles. The van der Waals surface area contributed by atoms with Crippen LogP contribution in [0.4, 0.5) is 0 Å². The van der Waals surface area contributed by atoms with Gasteiger partial charge in [-0.1, -0.05) is 20.8 Å². The minimum absolute atomic E-state index is 0.211. The minimum Gasteiger partial charge on any atom is -0.336 e. The Balaban J connectivity index is 2.17. The average molecular weight is 276 g/mol. The van der Waals surface area contributed by atoms with Crippen molar-refractivity contribution in [1.29, 1.82) is 0 Å². The smallest absolute Gasteiger partial charge is 0.138 e. The van der Waals surface area contributed by atoms with Gasteiger partial charge in [-0.2, -0.15) is 5.10 Å². The van der Waals surface area contributed by atoms with E-state index in [4.69, 9.17) is 0 Å². The zero-order valence-electron chi connectivity index (χ0n) is 12.7. The van der Waals surface area contributed by atoms with E-state index in [9.17, 15) is 0 Å². The molecular formula is C14H24N6. The second-order valence-electron chi connectivity index (χ2n) is 5.50. The van der Waals surface area contributed by atoms with Crippen LogP contribution in [0.3, 0.4) is 0 Å². The second-order valence-corrected chi connectivity index (χ2v) is 5.50. The Morgan fingerprint density at radius 2 is 2.15 bits per heavy atom. The van der Waals surface area contributed by atoms with Gasteiger partial charge in [0.1, 0.15) is 12.2 Å². The lowest BCUT2D eigenvalue weighted by atomic mass is 10.1. The molecule has 110 valence electrons. The maximum atomic E-state index is 4.41. The summed E-state index contributed by atoms with van der Waals surface area (Å²) in [5.41, 5.74) is 1.17. The molecule has 0 aliphatic heterocycles. The standard InChI is InChI=1S/C14H24N6/c1-5-16-12(13-7-15-10-19(13)4)6-14-17-9-18-20(14)8-11(2)3/h7,9-12,16H,5-6,8H2,1-4H3. The predicted molar refractivity (Wildman–Crippen MR) is 78.2 cm³/mol. The van der Waals surface area contributed by atoms with Crippen LogP contribution in [0.2, 0.25) is 0 Å². The molecule has 0 saturated heterocycles. The number of imidazole rings is 1. The number of nitrogens with one attached hydrogen (secondary N) is 1. The SMILES string of the molecule is CCNC(Cc1ncnn1CC(C)C)c1cncn1C. The first-order valence-corrected chi connectivity index (χ1v) is 7.18. The van der Waals surface area contributed by atoms with Gasteiger partial charge in [0.15, 0.2) is 0 Å². The topological polar surface area (TPSA) is 60.6 Å². The van der Waals surface area contributed by atoms with Crippen molar-refractivity contribution in [2.75, 3.05) is 6.54 Å².